The molecule has 5 nitrogen and oxygen atoms in total. The van der Waals surface area contributed by atoms with Gasteiger partial charge in [0.05, 0.1) is 16.1 Å². The standard InChI is InChI=1S/C14H19ClN2O3/c1-4-14(3,12(18)19)8-16-13(20)17-11-6-5-9(2)7-10(11)15/h5-7H,4,8H2,1-3H3,(H,18,19)(H2,16,17,20). The van der Waals surface area contributed by atoms with Crippen LogP contribution >= 0.6 is 11.6 Å². The number of hydrogen-bond donors (Lipinski definition) is 3. The number of carboxylic acid groups (broad SMARTS) is 1. The van der Waals surface area contributed by atoms with Gasteiger partial charge < -0.3 is 15.7 Å². The number of urea groups is 1. The fourth-order valence-corrected chi connectivity index (χ4v) is 1.80. The van der Waals surface area contributed by atoms with Crippen molar-refractivity contribution in [2.24, 2.45) is 5.41 Å². The molecule has 0 aromatic heterocycles. The van der Waals surface area contributed by atoms with Gasteiger partial charge in [0.1, 0.15) is 0 Å². The minimum absolute atomic E-state index is 0.0497. The van der Waals surface area contributed by atoms with E-state index in [4.69, 9.17) is 16.7 Å². The first-order valence-electron chi connectivity index (χ1n) is 6.33. The molecule has 3 N–H and O–H groups in total. The number of benzene rings is 1. The van der Waals surface area contributed by atoms with E-state index >= 15 is 0 Å². The summed E-state index contributed by atoms with van der Waals surface area (Å²) in [5.41, 5.74) is 0.502. The lowest BCUT2D eigenvalue weighted by atomic mass is 9.88. The number of nitrogens with one attached hydrogen (secondary N) is 2. The monoisotopic (exact) mass is 298 g/mol. The highest BCUT2D eigenvalue weighted by atomic mass is 35.5. The molecular weight excluding hydrogens is 280 g/mol. The molecule has 2 amide bonds. The van der Waals surface area contributed by atoms with E-state index in [9.17, 15) is 9.59 Å². The molecule has 0 saturated carbocycles. The molecular formula is C14H19ClN2O3. The van der Waals surface area contributed by atoms with Gasteiger partial charge in [0.25, 0.3) is 0 Å². The van der Waals surface area contributed by atoms with Crippen LogP contribution in [0.15, 0.2) is 18.2 Å². The lowest BCUT2D eigenvalue weighted by Gasteiger charge is -2.23. The zero-order valence-corrected chi connectivity index (χ0v) is 12.5. The van der Waals surface area contributed by atoms with Crippen LogP contribution in [0, 0.1) is 12.3 Å². The zero-order valence-electron chi connectivity index (χ0n) is 11.8. The van der Waals surface area contributed by atoms with Crippen LogP contribution in [-0.4, -0.2) is 23.7 Å². The first-order chi connectivity index (χ1) is 9.28. The molecule has 0 spiro atoms. The van der Waals surface area contributed by atoms with Gasteiger partial charge in [0.2, 0.25) is 0 Å². The van der Waals surface area contributed by atoms with Gasteiger partial charge in [0, 0.05) is 6.54 Å². The molecule has 0 saturated heterocycles. The van der Waals surface area contributed by atoms with Crippen LogP contribution in [0.25, 0.3) is 0 Å². The number of aryl methyl sites for hydroxylation is 1. The van der Waals surface area contributed by atoms with Gasteiger partial charge in [-0.3, -0.25) is 4.79 Å². The van der Waals surface area contributed by atoms with Gasteiger partial charge in [-0.2, -0.15) is 0 Å². The minimum Gasteiger partial charge on any atom is -0.481 e. The molecule has 0 aliphatic rings. The van der Waals surface area contributed by atoms with Crippen LogP contribution in [0.3, 0.4) is 0 Å². The van der Waals surface area contributed by atoms with Crippen LogP contribution < -0.4 is 10.6 Å². The molecule has 0 aliphatic carbocycles. The predicted octanol–water partition coefficient (Wildman–Crippen LogP) is 3.27. The van der Waals surface area contributed by atoms with Crippen LogP contribution in [0.4, 0.5) is 10.5 Å². The van der Waals surface area contributed by atoms with E-state index in [0.29, 0.717) is 17.1 Å². The van der Waals surface area contributed by atoms with Crippen LogP contribution in [0.5, 0.6) is 0 Å². The van der Waals surface area contributed by atoms with Gasteiger partial charge in [-0.1, -0.05) is 24.6 Å². The van der Waals surface area contributed by atoms with E-state index in [1.54, 1.807) is 26.0 Å². The molecule has 1 aromatic carbocycles. The van der Waals surface area contributed by atoms with Crippen LogP contribution in [-0.2, 0) is 4.79 Å². The second-order valence-corrected chi connectivity index (χ2v) is 5.42. The van der Waals surface area contributed by atoms with E-state index in [2.05, 4.69) is 10.6 Å². The number of aliphatic carboxylic acids is 1. The molecule has 20 heavy (non-hydrogen) atoms. The summed E-state index contributed by atoms with van der Waals surface area (Å²) >= 11 is 6.00. The summed E-state index contributed by atoms with van der Waals surface area (Å²) in [6, 6.07) is 4.80. The van der Waals surface area contributed by atoms with E-state index in [-0.39, 0.29) is 6.54 Å². The number of anilines is 1. The van der Waals surface area contributed by atoms with Crippen molar-refractivity contribution < 1.29 is 14.7 Å². The SMILES string of the molecule is CCC(C)(CNC(=O)Nc1ccc(C)cc1Cl)C(=O)O. The first kappa shape index (κ1) is 16.3. The summed E-state index contributed by atoms with van der Waals surface area (Å²) < 4.78 is 0. The van der Waals surface area contributed by atoms with E-state index < -0.39 is 17.4 Å². The minimum atomic E-state index is -0.978. The Labute approximate surface area is 123 Å². The van der Waals surface area contributed by atoms with Crippen molar-refractivity contribution in [3.05, 3.63) is 28.8 Å². The fourth-order valence-electron chi connectivity index (χ4n) is 1.52. The molecule has 0 fully saturated rings. The second-order valence-electron chi connectivity index (χ2n) is 5.01. The summed E-state index contributed by atoms with van der Waals surface area (Å²) in [5, 5.41) is 14.7. The normalized spacial score (nSPS) is 13.4. The molecule has 0 bridgehead atoms. The summed E-state index contributed by atoms with van der Waals surface area (Å²) in [7, 11) is 0. The summed E-state index contributed by atoms with van der Waals surface area (Å²) in [6.45, 7) is 5.31. The Morgan fingerprint density at radius 1 is 1.40 bits per heavy atom. The van der Waals surface area contributed by atoms with Crippen LogP contribution in [0.1, 0.15) is 25.8 Å². The highest BCUT2D eigenvalue weighted by Gasteiger charge is 2.31. The largest absolute Gasteiger partial charge is 0.481 e. The van der Waals surface area contributed by atoms with Crippen molar-refractivity contribution in [2.45, 2.75) is 27.2 Å². The Morgan fingerprint density at radius 2 is 2.05 bits per heavy atom. The molecule has 1 rings (SSSR count). The quantitative estimate of drug-likeness (QED) is 0.780. The molecule has 0 aliphatic heterocycles. The second kappa shape index (κ2) is 6.61. The van der Waals surface area contributed by atoms with Gasteiger partial charge >= 0.3 is 12.0 Å². The third-order valence-corrected chi connectivity index (χ3v) is 3.62. The van der Waals surface area contributed by atoms with Gasteiger partial charge in [-0.05, 0) is 38.0 Å². The number of rotatable bonds is 5. The summed E-state index contributed by atoms with van der Waals surface area (Å²) in [4.78, 5) is 22.9. The first-order valence-corrected chi connectivity index (χ1v) is 6.70. The number of carbonyl (C=O) groups is 2. The van der Waals surface area contributed by atoms with Gasteiger partial charge in [-0.25, -0.2) is 4.79 Å². The third kappa shape index (κ3) is 4.13. The molecule has 0 heterocycles. The maximum Gasteiger partial charge on any atom is 0.319 e. The Morgan fingerprint density at radius 3 is 2.55 bits per heavy atom. The van der Waals surface area contributed by atoms with Crippen molar-refractivity contribution >= 4 is 29.3 Å². The number of hydrogen-bond acceptors (Lipinski definition) is 2. The summed E-state index contributed by atoms with van der Waals surface area (Å²) in [5.74, 6) is -0.936. The Balaban J connectivity index is 2.62. The average Bonchev–Trinajstić information content (AvgIpc) is 2.39. The van der Waals surface area contributed by atoms with Crippen molar-refractivity contribution in [3.8, 4) is 0 Å². The van der Waals surface area contributed by atoms with Crippen molar-refractivity contribution in [2.75, 3.05) is 11.9 Å². The summed E-state index contributed by atoms with van der Waals surface area (Å²) in [6.07, 6.45) is 0.425. The van der Waals surface area contributed by atoms with Crippen molar-refractivity contribution in [3.63, 3.8) is 0 Å². The topological polar surface area (TPSA) is 78.4 Å². The number of amides is 2. The smallest absolute Gasteiger partial charge is 0.319 e. The lowest BCUT2D eigenvalue weighted by Crippen LogP contribution is -2.42. The zero-order chi connectivity index (χ0) is 15.3. The third-order valence-electron chi connectivity index (χ3n) is 3.31. The average molecular weight is 299 g/mol. The van der Waals surface area contributed by atoms with Gasteiger partial charge in [0.15, 0.2) is 0 Å². The van der Waals surface area contributed by atoms with Crippen molar-refractivity contribution in [1.29, 1.82) is 0 Å². The molecule has 1 atom stereocenters. The van der Waals surface area contributed by atoms with E-state index in [1.165, 1.54) is 0 Å². The maximum absolute atomic E-state index is 11.8. The fraction of sp³-hybridized carbons (Fsp3) is 0.429. The van der Waals surface area contributed by atoms with Crippen LogP contribution in [0.2, 0.25) is 5.02 Å². The predicted molar refractivity (Wildman–Crippen MR) is 79.2 cm³/mol. The highest BCUT2D eigenvalue weighted by molar-refractivity contribution is 6.33. The Hall–Kier alpha value is -1.75. The lowest BCUT2D eigenvalue weighted by molar-refractivity contribution is -0.147. The maximum atomic E-state index is 11.8. The molecule has 1 aromatic rings. The molecule has 110 valence electrons. The number of carboxylic acids is 1. The number of carbonyl (C=O) groups excluding carboxylic acids is 1. The van der Waals surface area contributed by atoms with E-state index in [1.807, 2.05) is 13.0 Å². The van der Waals surface area contributed by atoms with E-state index in [0.717, 1.165) is 5.56 Å². The molecule has 0 radical (unpaired) electrons. The van der Waals surface area contributed by atoms with Crippen molar-refractivity contribution in [1.82, 2.24) is 5.32 Å². The van der Waals surface area contributed by atoms with Gasteiger partial charge in [-0.15, -0.1) is 0 Å². The molecule has 1 unspecified atom stereocenters. The Kier molecular flexibility index (Phi) is 5.39. The highest BCUT2D eigenvalue weighted by Crippen LogP contribution is 2.23. The Bertz CT molecular complexity index is 519. The number of halogens is 1. The molecule has 6 heteroatoms.